The van der Waals surface area contributed by atoms with Crippen molar-refractivity contribution < 1.29 is 8.42 Å². The van der Waals surface area contributed by atoms with Gasteiger partial charge in [-0.15, -0.1) is 0 Å². The van der Waals surface area contributed by atoms with Crippen LogP contribution < -0.4 is 4.72 Å². The van der Waals surface area contributed by atoms with Gasteiger partial charge in [-0.1, -0.05) is 11.6 Å². The molecule has 1 fully saturated rings. The van der Waals surface area contributed by atoms with Crippen LogP contribution in [0.2, 0.25) is 5.02 Å². The molecular formula is C12H17ClN2O2S. The average Bonchev–Trinajstić information content (AvgIpc) is 2.29. The van der Waals surface area contributed by atoms with Crippen molar-refractivity contribution in [3.8, 4) is 0 Å². The summed E-state index contributed by atoms with van der Waals surface area (Å²) in [6.45, 7) is 1.78. The zero-order valence-corrected chi connectivity index (χ0v) is 11.8. The number of likely N-dealkylation sites (tertiary alicyclic amines) is 1. The first-order valence-corrected chi connectivity index (χ1v) is 7.80. The van der Waals surface area contributed by atoms with Crippen LogP contribution in [-0.4, -0.2) is 39.5 Å². The highest BCUT2D eigenvalue weighted by Crippen LogP contribution is 2.16. The fourth-order valence-electron chi connectivity index (χ4n) is 2.16. The lowest BCUT2D eigenvalue weighted by molar-refractivity contribution is 0.242. The molecule has 100 valence electrons. The van der Waals surface area contributed by atoms with E-state index in [-0.39, 0.29) is 10.9 Å². The van der Waals surface area contributed by atoms with Crippen molar-refractivity contribution in [2.24, 2.45) is 0 Å². The van der Waals surface area contributed by atoms with Gasteiger partial charge in [0.2, 0.25) is 10.0 Å². The summed E-state index contributed by atoms with van der Waals surface area (Å²) in [6, 6.07) is 6.21. The van der Waals surface area contributed by atoms with E-state index in [9.17, 15) is 8.42 Å². The van der Waals surface area contributed by atoms with Crippen LogP contribution in [-0.2, 0) is 10.0 Å². The van der Waals surface area contributed by atoms with Crippen LogP contribution in [0, 0.1) is 0 Å². The third-order valence-electron chi connectivity index (χ3n) is 3.07. The fraction of sp³-hybridized carbons (Fsp3) is 0.500. The van der Waals surface area contributed by atoms with Gasteiger partial charge in [0.25, 0.3) is 0 Å². The van der Waals surface area contributed by atoms with Gasteiger partial charge < -0.3 is 4.90 Å². The molecule has 0 unspecified atom stereocenters. The van der Waals surface area contributed by atoms with Crippen molar-refractivity contribution in [1.29, 1.82) is 0 Å². The summed E-state index contributed by atoms with van der Waals surface area (Å²) in [5.41, 5.74) is 0. The lowest BCUT2D eigenvalue weighted by Crippen LogP contribution is -2.46. The van der Waals surface area contributed by atoms with Gasteiger partial charge in [-0.2, -0.15) is 0 Å². The second-order valence-corrected chi connectivity index (χ2v) is 6.83. The Bertz CT molecular complexity index is 501. The Hall–Kier alpha value is -0.620. The van der Waals surface area contributed by atoms with E-state index in [1.807, 2.05) is 7.05 Å². The molecule has 0 saturated carbocycles. The summed E-state index contributed by atoms with van der Waals surface area (Å²) in [5, 5.41) is 0.534. The number of benzene rings is 1. The van der Waals surface area contributed by atoms with Gasteiger partial charge in [0.15, 0.2) is 0 Å². The van der Waals surface area contributed by atoms with Gasteiger partial charge in [0, 0.05) is 17.6 Å². The number of halogens is 1. The van der Waals surface area contributed by atoms with Crippen LogP contribution in [0.3, 0.4) is 0 Å². The minimum Gasteiger partial charge on any atom is -0.305 e. The predicted molar refractivity (Wildman–Crippen MR) is 72.3 cm³/mol. The van der Waals surface area contributed by atoms with Gasteiger partial charge in [0.1, 0.15) is 0 Å². The molecule has 1 atom stereocenters. The van der Waals surface area contributed by atoms with Gasteiger partial charge in [-0.3, -0.25) is 0 Å². The topological polar surface area (TPSA) is 49.4 Å². The minimum atomic E-state index is -3.44. The highest BCUT2D eigenvalue weighted by molar-refractivity contribution is 7.89. The SMILES string of the molecule is CN1CCC[C@@H](NS(=O)(=O)c2ccc(Cl)cc2)C1. The lowest BCUT2D eigenvalue weighted by Gasteiger charge is -2.29. The zero-order chi connectivity index (χ0) is 13.2. The molecule has 18 heavy (non-hydrogen) atoms. The summed E-state index contributed by atoms with van der Waals surface area (Å²) < 4.78 is 27.0. The van der Waals surface area contributed by atoms with E-state index in [0.29, 0.717) is 5.02 Å². The number of likely N-dealkylation sites (N-methyl/N-ethyl adjacent to an activating group) is 1. The highest BCUT2D eigenvalue weighted by atomic mass is 35.5. The molecule has 1 saturated heterocycles. The number of hydrogen-bond acceptors (Lipinski definition) is 3. The predicted octanol–water partition coefficient (Wildman–Crippen LogP) is 1.71. The summed E-state index contributed by atoms with van der Waals surface area (Å²) in [7, 11) is -1.43. The van der Waals surface area contributed by atoms with Crippen LogP contribution in [0.15, 0.2) is 29.2 Å². The van der Waals surface area contributed by atoms with Gasteiger partial charge >= 0.3 is 0 Å². The monoisotopic (exact) mass is 288 g/mol. The van der Waals surface area contributed by atoms with Crippen LogP contribution in [0.5, 0.6) is 0 Å². The average molecular weight is 289 g/mol. The molecule has 1 aromatic rings. The summed E-state index contributed by atoms with van der Waals surface area (Å²) in [4.78, 5) is 2.40. The smallest absolute Gasteiger partial charge is 0.240 e. The van der Waals surface area contributed by atoms with E-state index >= 15 is 0 Å². The van der Waals surface area contributed by atoms with Crippen molar-refractivity contribution in [3.63, 3.8) is 0 Å². The second-order valence-electron chi connectivity index (χ2n) is 4.68. The molecule has 0 aliphatic carbocycles. The first-order chi connectivity index (χ1) is 8.47. The fourth-order valence-corrected chi connectivity index (χ4v) is 3.55. The standard InChI is InChI=1S/C12H17ClN2O2S/c1-15-8-2-3-11(9-15)14-18(16,17)12-6-4-10(13)5-7-12/h4-7,11,14H,2-3,8-9H2,1H3/t11-/m1/s1. The molecule has 1 aliphatic rings. The quantitative estimate of drug-likeness (QED) is 0.921. The molecule has 0 radical (unpaired) electrons. The maximum absolute atomic E-state index is 12.1. The summed E-state index contributed by atoms with van der Waals surface area (Å²) in [5.74, 6) is 0. The normalized spacial score (nSPS) is 22.0. The molecule has 0 aromatic heterocycles. The third-order valence-corrected chi connectivity index (χ3v) is 4.86. The summed E-state index contributed by atoms with van der Waals surface area (Å²) >= 11 is 5.75. The Morgan fingerprint density at radius 2 is 2.00 bits per heavy atom. The highest BCUT2D eigenvalue weighted by Gasteiger charge is 2.23. The molecule has 1 aliphatic heterocycles. The number of nitrogens with zero attached hydrogens (tertiary/aromatic N) is 1. The molecule has 4 nitrogen and oxygen atoms in total. The lowest BCUT2D eigenvalue weighted by atomic mass is 10.1. The largest absolute Gasteiger partial charge is 0.305 e. The first-order valence-electron chi connectivity index (χ1n) is 5.94. The van der Waals surface area contributed by atoms with Crippen LogP contribution in [0.1, 0.15) is 12.8 Å². The molecule has 0 bridgehead atoms. The maximum Gasteiger partial charge on any atom is 0.240 e. The number of hydrogen-bond donors (Lipinski definition) is 1. The second kappa shape index (κ2) is 5.57. The van der Waals surface area contributed by atoms with Gasteiger partial charge in [-0.25, -0.2) is 13.1 Å². The Kier molecular flexibility index (Phi) is 4.27. The Labute approximate surface area is 113 Å². The van der Waals surface area contributed by atoms with E-state index in [4.69, 9.17) is 11.6 Å². The van der Waals surface area contributed by atoms with Crippen molar-refractivity contribution in [3.05, 3.63) is 29.3 Å². The molecular weight excluding hydrogens is 272 g/mol. The zero-order valence-electron chi connectivity index (χ0n) is 10.3. The molecule has 6 heteroatoms. The molecule has 0 amide bonds. The van der Waals surface area contributed by atoms with Crippen molar-refractivity contribution >= 4 is 21.6 Å². The van der Waals surface area contributed by atoms with E-state index in [1.165, 1.54) is 12.1 Å². The van der Waals surface area contributed by atoms with Crippen LogP contribution >= 0.6 is 11.6 Å². The molecule has 1 aromatic carbocycles. The minimum absolute atomic E-state index is 0.00979. The van der Waals surface area contributed by atoms with Crippen molar-refractivity contribution in [1.82, 2.24) is 9.62 Å². The Morgan fingerprint density at radius 1 is 1.33 bits per heavy atom. The van der Waals surface area contributed by atoms with E-state index < -0.39 is 10.0 Å². The number of rotatable bonds is 3. The first kappa shape index (κ1) is 13.8. The van der Waals surface area contributed by atoms with E-state index in [2.05, 4.69) is 9.62 Å². The number of nitrogens with one attached hydrogen (secondary N) is 1. The third kappa shape index (κ3) is 3.45. The van der Waals surface area contributed by atoms with Crippen LogP contribution in [0.25, 0.3) is 0 Å². The van der Waals surface area contributed by atoms with Crippen LogP contribution in [0.4, 0.5) is 0 Å². The molecule has 1 N–H and O–H groups in total. The number of piperidine rings is 1. The van der Waals surface area contributed by atoms with E-state index in [1.54, 1.807) is 12.1 Å². The molecule has 2 rings (SSSR count). The van der Waals surface area contributed by atoms with Crippen molar-refractivity contribution in [2.45, 2.75) is 23.8 Å². The molecule has 0 spiro atoms. The van der Waals surface area contributed by atoms with Crippen molar-refractivity contribution in [2.75, 3.05) is 20.1 Å². The van der Waals surface area contributed by atoms with Gasteiger partial charge in [-0.05, 0) is 50.7 Å². The summed E-state index contributed by atoms with van der Waals surface area (Å²) in [6.07, 6.45) is 1.90. The Balaban J connectivity index is 2.09. The van der Waals surface area contributed by atoms with Gasteiger partial charge in [0.05, 0.1) is 4.90 Å². The van der Waals surface area contributed by atoms with E-state index in [0.717, 1.165) is 25.9 Å². The molecule has 1 heterocycles. The maximum atomic E-state index is 12.1. The Morgan fingerprint density at radius 3 is 2.61 bits per heavy atom. The number of sulfonamides is 1.